The monoisotopic (exact) mass is 297 g/mol. The van der Waals surface area contributed by atoms with Crippen molar-refractivity contribution in [2.24, 2.45) is 0 Å². The van der Waals surface area contributed by atoms with Crippen LogP contribution in [0.25, 0.3) is 0 Å². The predicted molar refractivity (Wildman–Crippen MR) is 86.3 cm³/mol. The fourth-order valence-electron chi connectivity index (χ4n) is 2.25. The van der Waals surface area contributed by atoms with Crippen LogP contribution in [0.3, 0.4) is 0 Å². The molecule has 4 heteroatoms. The lowest BCUT2D eigenvalue weighted by Crippen LogP contribution is -2.36. The maximum absolute atomic E-state index is 12.0. The number of hydrogen-bond acceptors (Lipinski definition) is 2. The quantitative estimate of drug-likeness (QED) is 0.413. The summed E-state index contributed by atoms with van der Waals surface area (Å²) in [5, 5.41) is 8.90. The van der Waals surface area contributed by atoms with Crippen molar-refractivity contribution >= 4 is 11.9 Å². The Bertz CT molecular complexity index is 313. The Labute approximate surface area is 129 Å². The molecule has 0 bridgehead atoms. The zero-order valence-electron chi connectivity index (χ0n) is 13.6. The molecule has 0 saturated carbocycles. The number of carboxylic acid groups (broad SMARTS) is 1. The van der Waals surface area contributed by atoms with Gasteiger partial charge in [0.15, 0.2) is 0 Å². The molecule has 0 aromatic carbocycles. The van der Waals surface area contributed by atoms with Crippen LogP contribution in [0.2, 0.25) is 0 Å². The molecule has 0 aliphatic carbocycles. The van der Waals surface area contributed by atoms with E-state index in [1.165, 1.54) is 37.0 Å². The van der Waals surface area contributed by atoms with Crippen molar-refractivity contribution < 1.29 is 14.7 Å². The molecule has 0 spiro atoms. The minimum absolute atomic E-state index is 0.0542. The normalized spacial score (nSPS) is 11.0. The molecule has 0 rings (SSSR count). The summed E-state index contributed by atoms with van der Waals surface area (Å²) in [6.45, 7) is 4.50. The van der Waals surface area contributed by atoms with Gasteiger partial charge >= 0.3 is 5.97 Å². The van der Waals surface area contributed by atoms with E-state index in [0.717, 1.165) is 12.8 Å². The molecule has 0 aromatic heterocycles. The van der Waals surface area contributed by atoms with Crippen LogP contribution in [0.1, 0.15) is 71.6 Å². The Balaban J connectivity index is 3.95. The topological polar surface area (TPSA) is 57.6 Å². The summed E-state index contributed by atoms with van der Waals surface area (Å²) in [5.41, 5.74) is 0. The molecule has 0 atom stereocenters. The average molecular weight is 297 g/mol. The highest BCUT2D eigenvalue weighted by Gasteiger charge is 2.15. The van der Waals surface area contributed by atoms with E-state index >= 15 is 0 Å². The lowest BCUT2D eigenvalue weighted by Gasteiger charge is -2.20. The van der Waals surface area contributed by atoms with Gasteiger partial charge in [0.05, 0.1) is 0 Å². The Hall–Kier alpha value is -1.32. The first-order chi connectivity index (χ1) is 10.1. The number of carboxylic acids is 1. The summed E-state index contributed by atoms with van der Waals surface area (Å²) in [5.74, 6) is -0.987. The Morgan fingerprint density at radius 3 is 2.24 bits per heavy atom. The van der Waals surface area contributed by atoms with Gasteiger partial charge in [-0.1, -0.05) is 57.6 Å². The van der Waals surface area contributed by atoms with Crippen molar-refractivity contribution in [3.8, 4) is 0 Å². The van der Waals surface area contributed by atoms with E-state index in [0.29, 0.717) is 19.4 Å². The van der Waals surface area contributed by atoms with E-state index in [2.05, 4.69) is 6.92 Å². The molecule has 1 N–H and O–H groups in total. The van der Waals surface area contributed by atoms with Crippen LogP contribution in [-0.4, -0.2) is 35.0 Å². The fraction of sp³-hybridized carbons (Fsp3) is 0.765. The number of carbonyl (C=O) groups is 2. The summed E-state index contributed by atoms with van der Waals surface area (Å²) in [7, 11) is 0. The largest absolute Gasteiger partial charge is 0.480 e. The lowest BCUT2D eigenvalue weighted by molar-refractivity contribution is -0.144. The second-order valence-electron chi connectivity index (χ2n) is 5.44. The van der Waals surface area contributed by atoms with Gasteiger partial charge in [-0.05, 0) is 19.8 Å². The number of amides is 1. The molecule has 122 valence electrons. The molecule has 0 heterocycles. The van der Waals surface area contributed by atoms with Crippen LogP contribution in [0, 0.1) is 0 Å². The first-order valence-electron chi connectivity index (χ1n) is 8.22. The minimum Gasteiger partial charge on any atom is -0.480 e. The SMILES string of the molecule is C/C=C/CCC(=O)N(CCCCCCCCC)CC(=O)O. The van der Waals surface area contributed by atoms with Gasteiger partial charge in [-0.25, -0.2) is 0 Å². The highest BCUT2D eigenvalue weighted by molar-refractivity contribution is 5.81. The maximum Gasteiger partial charge on any atom is 0.323 e. The van der Waals surface area contributed by atoms with Gasteiger partial charge in [-0.15, -0.1) is 0 Å². The molecule has 0 aliphatic rings. The van der Waals surface area contributed by atoms with Gasteiger partial charge in [0.25, 0.3) is 0 Å². The summed E-state index contributed by atoms with van der Waals surface area (Å²) in [6.07, 6.45) is 13.1. The number of allylic oxidation sites excluding steroid dienone is 2. The van der Waals surface area contributed by atoms with Crippen molar-refractivity contribution in [2.75, 3.05) is 13.1 Å². The van der Waals surface area contributed by atoms with Crippen LogP contribution < -0.4 is 0 Å². The highest BCUT2D eigenvalue weighted by Crippen LogP contribution is 2.08. The molecular weight excluding hydrogens is 266 g/mol. The van der Waals surface area contributed by atoms with Crippen molar-refractivity contribution in [3.63, 3.8) is 0 Å². The van der Waals surface area contributed by atoms with E-state index in [1.54, 1.807) is 0 Å². The third-order valence-electron chi connectivity index (χ3n) is 3.47. The number of nitrogens with zero attached hydrogens (tertiary/aromatic N) is 1. The maximum atomic E-state index is 12.0. The first-order valence-corrected chi connectivity index (χ1v) is 8.22. The second-order valence-corrected chi connectivity index (χ2v) is 5.44. The molecule has 4 nitrogen and oxygen atoms in total. The standard InChI is InChI=1S/C17H31NO3/c1-3-5-7-8-9-10-12-14-18(15-17(20)21)16(19)13-11-6-4-2/h4,6H,3,5,7-15H2,1-2H3,(H,20,21)/b6-4+. The van der Waals surface area contributed by atoms with Crippen LogP contribution >= 0.6 is 0 Å². The van der Waals surface area contributed by atoms with Crippen LogP contribution in [0.15, 0.2) is 12.2 Å². The van der Waals surface area contributed by atoms with Crippen molar-refractivity contribution in [2.45, 2.75) is 71.6 Å². The smallest absolute Gasteiger partial charge is 0.323 e. The first kappa shape index (κ1) is 19.7. The van der Waals surface area contributed by atoms with Gasteiger partial charge < -0.3 is 10.0 Å². The van der Waals surface area contributed by atoms with Crippen molar-refractivity contribution in [1.29, 1.82) is 0 Å². The van der Waals surface area contributed by atoms with Gasteiger partial charge in [0.2, 0.25) is 5.91 Å². The van der Waals surface area contributed by atoms with Crippen LogP contribution in [0.4, 0.5) is 0 Å². The zero-order valence-corrected chi connectivity index (χ0v) is 13.6. The molecule has 21 heavy (non-hydrogen) atoms. The van der Waals surface area contributed by atoms with E-state index in [4.69, 9.17) is 5.11 Å². The molecule has 0 fully saturated rings. The van der Waals surface area contributed by atoms with E-state index < -0.39 is 5.97 Å². The molecule has 0 saturated heterocycles. The van der Waals surface area contributed by atoms with Crippen molar-refractivity contribution in [1.82, 2.24) is 4.90 Å². The Morgan fingerprint density at radius 2 is 1.67 bits per heavy atom. The molecule has 0 aromatic rings. The summed E-state index contributed by atoms with van der Waals surface area (Å²) < 4.78 is 0. The van der Waals surface area contributed by atoms with Gasteiger partial charge in [0.1, 0.15) is 6.54 Å². The number of rotatable bonds is 13. The third kappa shape index (κ3) is 12.2. The minimum atomic E-state index is -0.933. The van der Waals surface area contributed by atoms with Gasteiger partial charge in [0, 0.05) is 13.0 Å². The number of carbonyl (C=O) groups excluding carboxylic acids is 1. The summed E-state index contributed by atoms with van der Waals surface area (Å²) >= 11 is 0. The van der Waals surface area contributed by atoms with Gasteiger partial charge in [-0.3, -0.25) is 9.59 Å². The molecule has 1 amide bonds. The van der Waals surface area contributed by atoms with E-state index in [-0.39, 0.29) is 12.5 Å². The zero-order chi connectivity index (χ0) is 15.9. The molecule has 0 unspecified atom stereocenters. The molecule has 0 radical (unpaired) electrons. The number of aliphatic carboxylic acids is 1. The Morgan fingerprint density at radius 1 is 1.05 bits per heavy atom. The predicted octanol–water partition coefficient (Wildman–Crippen LogP) is 4.01. The van der Waals surface area contributed by atoms with E-state index in [9.17, 15) is 9.59 Å². The van der Waals surface area contributed by atoms with Crippen molar-refractivity contribution in [3.05, 3.63) is 12.2 Å². The van der Waals surface area contributed by atoms with Crippen LogP contribution in [0.5, 0.6) is 0 Å². The number of unbranched alkanes of at least 4 members (excludes halogenated alkanes) is 6. The number of hydrogen-bond donors (Lipinski definition) is 1. The summed E-state index contributed by atoms with van der Waals surface area (Å²) in [6, 6.07) is 0. The molecule has 0 aliphatic heterocycles. The highest BCUT2D eigenvalue weighted by atomic mass is 16.4. The van der Waals surface area contributed by atoms with Gasteiger partial charge in [-0.2, -0.15) is 0 Å². The third-order valence-corrected chi connectivity index (χ3v) is 3.47. The van der Waals surface area contributed by atoms with Crippen LogP contribution in [-0.2, 0) is 9.59 Å². The average Bonchev–Trinajstić information content (AvgIpc) is 2.44. The van der Waals surface area contributed by atoms with E-state index in [1.807, 2.05) is 19.1 Å². The lowest BCUT2D eigenvalue weighted by atomic mass is 10.1. The fourth-order valence-corrected chi connectivity index (χ4v) is 2.25. The molecular formula is C17H31NO3. The second kappa shape index (κ2) is 13.7. The Kier molecular flexibility index (Phi) is 12.8. The summed E-state index contributed by atoms with van der Waals surface area (Å²) in [4.78, 5) is 24.3.